The van der Waals surface area contributed by atoms with Gasteiger partial charge in [-0.15, -0.1) is 0 Å². The van der Waals surface area contributed by atoms with Gasteiger partial charge in [0.2, 0.25) is 5.91 Å². The van der Waals surface area contributed by atoms with Crippen molar-refractivity contribution in [2.24, 2.45) is 0 Å². The van der Waals surface area contributed by atoms with Gasteiger partial charge in [0.05, 0.1) is 0 Å². The van der Waals surface area contributed by atoms with Crippen LogP contribution in [0.4, 0.5) is 0 Å². The Hall–Kier alpha value is -0.460. The fraction of sp³-hybridized carbons (Fsp3) is 0.857. The van der Waals surface area contributed by atoms with Crippen molar-refractivity contribution < 1.29 is 13.3 Å². The van der Waals surface area contributed by atoms with Gasteiger partial charge in [-0.05, 0) is 0 Å². The molecule has 0 spiro atoms. The molecule has 1 unspecified atom stereocenters. The summed E-state index contributed by atoms with van der Waals surface area (Å²) in [4.78, 5) is 11.6. The monoisotopic (exact) mass is 210 g/mol. The van der Waals surface area contributed by atoms with Crippen LogP contribution < -0.4 is 0 Å². The van der Waals surface area contributed by atoms with Crippen molar-refractivity contribution in [3.63, 3.8) is 0 Å². The van der Waals surface area contributed by atoms with E-state index >= 15 is 0 Å². The maximum absolute atomic E-state index is 10.1. The van der Waals surface area contributed by atoms with Crippen LogP contribution in [-0.2, 0) is 20.2 Å². The van der Waals surface area contributed by atoms with E-state index in [1.165, 1.54) is 23.1 Å². The Kier molecular flexibility index (Phi) is 9.43. The number of nitrogens with zero attached hydrogens (tertiary/aromatic N) is 2. The molecule has 0 aliphatic carbocycles. The highest BCUT2D eigenvalue weighted by molar-refractivity contribution is 7.79. The molecule has 80 valence electrons. The Balaban J connectivity index is 0. The van der Waals surface area contributed by atoms with E-state index in [0.717, 1.165) is 0 Å². The highest BCUT2D eigenvalue weighted by Gasteiger charge is 1.89. The normalized spacial score (nSPS) is 11.6. The number of rotatable bonds is 2. The van der Waals surface area contributed by atoms with Crippen LogP contribution >= 0.6 is 0 Å². The Morgan fingerprint density at radius 3 is 1.54 bits per heavy atom. The minimum Gasteiger partial charge on any atom is -0.349 e. The van der Waals surface area contributed by atoms with Crippen LogP contribution in [-0.4, -0.2) is 54.5 Å². The topological polar surface area (TPSA) is 49.9 Å². The molecule has 0 fully saturated rings. The van der Waals surface area contributed by atoms with Gasteiger partial charge in [0, 0.05) is 41.4 Å². The average molecular weight is 210 g/mol. The van der Waals surface area contributed by atoms with E-state index in [0.29, 0.717) is 0 Å². The Morgan fingerprint density at radius 2 is 1.54 bits per heavy atom. The van der Waals surface area contributed by atoms with Crippen molar-refractivity contribution in [2.45, 2.75) is 6.92 Å². The molecular formula is C7H18N2O3S. The fourth-order valence-corrected chi connectivity index (χ4v) is 0.630. The minimum absolute atomic E-state index is 0.0926. The van der Waals surface area contributed by atoms with E-state index in [-0.39, 0.29) is 5.91 Å². The van der Waals surface area contributed by atoms with Gasteiger partial charge in [-0.25, -0.2) is 4.21 Å². The lowest BCUT2D eigenvalue weighted by atomic mass is 10.7. The first-order valence-electron chi connectivity index (χ1n) is 3.64. The lowest BCUT2D eigenvalue weighted by Crippen LogP contribution is -2.17. The molecule has 0 aromatic carbocycles. The first-order valence-corrected chi connectivity index (χ1v) is 5.12. The number of hydrogen-bond donors (Lipinski definition) is 0. The SMILES string of the molecule is CC(=O)N(C)C.CN(C)OS(C)=O. The number of carbonyl (C=O) groups excluding carboxylic acids is 1. The predicted molar refractivity (Wildman–Crippen MR) is 53.2 cm³/mol. The summed E-state index contributed by atoms with van der Waals surface area (Å²) in [7, 11) is 6.81. The molecule has 0 aromatic heterocycles. The van der Waals surface area contributed by atoms with Gasteiger partial charge in [-0.1, -0.05) is 0 Å². The highest BCUT2D eigenvalue weighted by Crippen LogP contribution is 1.79. The van der Waals surface area contributed by atoms with Crippen LogP contribution in [0, 0.1) is 0 Å². The minimum atomic E-state index is -1.17. The molecule has 0 rings (SSSR count). The largest absolute Gasteiger partial charge is 0.349 e. The van der Waals surface area contributed by atoms with E-state index in [9.17, 15) is 9.00 Å². The standard InChI is InChI=1S/C4H9NO.C3H9NO2S/c1-4(6)5(2)3;1-4(2)6-7(3)5/h1-3H3;1-3H3. The third-order valence-electron chi connectivity index (χ3n) is 0.884. The van der Waals surface area contributed by atoms with Crippen LogP contribution in [0.3, 0.4) is 0 Å². The zero-order valence-electron chi connectivity index (χ0n) is 9.03. The van der Waals surface area contributed by atoms with Gasteiger partial charge < -0.3 is 4.90 Å². The first kappa shape index (κ1) is 15.0. The van der Waals surface area contributed by atoms with Gasteiger partial charge in [0.25, 0.3) is 0 Å². The maximum Gasteiger partial charge on any atom is 0.218 e. The Labute approximate surface area is 82.3 Å². The lowest BCUT2D eigenvalue weighted by Gasteiger charge is -2.03. The van der Waals surface area contributed by atoms with E-state index in [4.69, 9.17) is 0 Å². The summed E-state index contributed by atoms with van der Waals surface area (Å²) < 4.78 is 14.7. The average Bonchev–Trinajstić information content (AvgIpc) is 1.84. The smallest absolute Gasteiger partial charge is 0.218 e. The van der Waals surface area contributed by atoms with Gasteiger partial charge in [-0.3, -0.25) is 4.79 Å². The van der Waals surface area contributed by atoms with Crippen LogP contribution in [0.25, 0.3) is 0 Å². The summed E-state index contributed by atoms with van der Waals surface area (Å²) in [5.74, 6) is 0.0926. The molecule has 0 aliphatic rings. The number of hydroxylamine groups is 2. The molecule has 0 aliphatic heterocycles. The van der Waals surface area contributed by atoms with E-state index in [2.05, 4.69) is 4.28 Å². The molecule has 0 aromatic rings. The van der Waals surface area contributed by atoms with Crippen molar-refractivity contribution in [2.75, 3.05) is 34.4 Å². The molecule has 0 saturated heterocycles. The molecule has 0 heterocycles. The summed E-state index contributed by atoms with van der Waals surface area (Å²) in [5, 5.41) is 1.40. The molecule has 0 N–H and O–H groups in total. The number of carbonyl (C=O) groups is 1. The third kappa shape index (κ3) is 18.5. The summed E-state index contributed by atoms with van der Waals surface area (Å²) in [6, 6.07) is 0. The molecule has 13 heavy (non-hydrogen) atoms. The third-order valence-corrected chi connectivity index (χ3v) is 1.39. The Bertz CT molecular complexity index is 171. The van der Waals surface area contributed by atoms with Crippen LogP contribution in [0.15, 0.2) is 0 Å². The van der Waals surface area contributed by atoms with Crippen molar-refractivity contribution in [1.82, 2.24) is 9.96 Å². The number of amides is 1. The van der Waals surface area contributed by atoms with Gasteiger partial charge in [0.15, 0.2) is 11.1 Å². The second-order valence-corrected chi connectivity index (χ2v) is 3.65. The van der Waals surface area contributed by atoms with E-state index in [1.807, 2.05) is 0 Å². The summed E-state index contributed by atoms with van der Waals surface area (Å²) in [6.45, 7) is 1.53. The van der Waals surface area contributed by atoms with Gasteiger partial charge >= 0.3 is 0 Å². The fourth-order valence-electron chi connectivity index (χ4n) is 0.210. The molecule has 1 amide bonds. The van der Waals surface area contributed by atoms with Crippen LogP contribution in [0.2, 0.25) is 0 Å². The second-order valence-electron chi connectivity index (χ2n) is 2.70. The molecule has 0 bridgehead atoms. The summed E-state index contributed by atoms with van der Waals surface area (Å²) >= 11 is -1.17. The maximum atomic E-state index is 10.1. The molecule has 0 radical (unpaired) electrons. The quantitative estimate of drug-likeness (QED) is 0.596. The second kappa shape index (κ2) is 8.15. The molecule has 6 heteroatoms. The van der Waals surface area contributed by atoms with Crippen LogP contribution in [0.1, 0.15) is 6.92 Å². The molecule has 5 nitrogen and oxygen atoms in total. The summed E-state index contributed by atoms with van der Waals surface area (Å²) in [5.41, 5.74) is 0. The van der Waals surface area contributed by atoms with Crippen molar-refractivity contribution >= 4 is 17.0 Å². The van der Waals surface area contributed by atoms with Crippen LogP contribution in [0.5, 0.6) is 0 Å². The van der Waals surface area contributed by atoms with Crippen molar-refractivity contribution in [3.8, 4) is 0 Å². The van der Waals surface area contributed by atoms with Crippen molar-refractivity contribution in [1.29, 1.82) is 0 Å². The van der Waals surface area contributed by atoms with Gasteiger partial charge in [0.1, 0.15) is 0 Å². The zero-order chi connectivity index (χ0) is 11.0. The van der Waals surface area contributed by atoms with E-state index in [1.54, 1.807) is 28.2 Å². The summed E-state index contributed by atoms with van der Waals surface area (Å²) in [6.07, 6.45) is 1.47. The van der Waals surface area contributed by atoms with Crippen molar-refractivity contribution in [3.05, 3.63) is 0 Å². The Morgan fingerprint density at radius 1 is 1.23 bits per heavy atom. The predicted octanol–water partition coefficient (Wildman–Crippen LogP) is -0.132. The van der Waals surface area contributed by atoms with Gasteiger partial charge in [-0.2, -0.15) is 9.35 Å². The number of hydrogen-bond acceptors (Lipinski definition) is 4. The highest BCUT2D eigenvalue weighted by atomic mass is 32.2. The zero-order valence-corrected chi connectivity index (χ0v) is 9.84. The van der Waals surface area contributed by atoms with E-state index < -0.39 is 11.1 Å². The lowest BCUT2D eigenvalue weighted by molar-refractivity contribution is -0.126. The first-order chi connectivity index (χ1) is 5.77. The molecular weight excluding hydrogens is 192 g/mol. The molecule has 1 atom stereocenters. The molecule has 0 saturated carbocycles.